The Morgan fingerprint density at radius 3 is 2.80 bits per heavy atom. The topological polar surface area (TPSA) is 71.8 Å². The van der Waals surface area contributed by atoms with E-state index >= 15 is 0 Å². The molecule has 0 aromatic carbocycles. The van der Waals surface area contributed by atoms with Gasteiger partial charge >= 0.3 is 0 Å². The Labute approximate surface area is 118 Å². The summed E-state index contributed by atoms with van der Waals surface area (Å²) in [6.07, 6.45) is 4.35. The van der Waals surface area contributed by atoms with E-state index in [-0.39, 0.29) is 5.91 Å². The number of pyridine rings is 1. The molecule has 2 aromatic heterocycles. The highest BCUT2D eigenvalue weighted by Crippen LogP contribution is 2.11. The fourth-order valence-electron chi connectivity index (χ4n) is 1.86. The van der Waals surface area contributed by atoms with Gasteiger partial charge in [-0.25, -0.2) is 9.97 Å². The van der Waals surface area contributed by atoms with Gasteiger partial charge < -0.3 is 15.2 Å². The number of hydrogen-bond donors (Lipinski definition) is 2. The smallest absolute Gasteiger partial charge is 0.251 e. The summed E-state index contributed by atoms with van der Waals surface area (Å²) >= 11 is 0. The summed E-state index contributed by atoms with van der Waals surface area (Å²) in [6, 6.07) is 3.56. The molecule has 0 radical (unpaired) electrons. The van der Waals surface area contributed by atoms with Crippen LogP contribution in [0.25, 0.3) is 0 Å². The average molecular weight is 273 g/mol. The first kappa shape index (κ1) is 14.0. The monoisotopic (exact) mass is 273 g/mol. The van der Waals surface area contributed by atoms with E-state index in [0.29, 0.717) is 17.9 Å². The van der Waals surface area contributed by atoms with Gasteiger partial charge in [0.05, 0.1) is 6.54 Å². The van der Waals surface area contributed by atoms with Gasteiger partial charge in [0.15, 0.2) is 0 Å². The molecular weight excluding hydrogens is 254 g/mol. The Balaban J connectivity index is 2.10. The summed E-state index contributed by atoms with van der Waals surface area (Å²) in [6.45, 7) is 2.42. The molecule has 6 nitrogen and oxygen atoms in total. The number of rotatable bonds is 5. The normalized spacial score (nSPS) is 10.3. The summed E-state index contributed by atoms with van der Waals surface area (Å²) < 4.78 is 1.88. The van der Waals surface area contributed by atoms with Gasteiger partial charge in [0.1, 0.15) is 11.6 Å². The zero-order valence-corrected chi connectivity index (χ0v) is 12.0. The van der Waals surface area contributed by atoms with E-state index in [4.69, 9.17) is 0 Å². The van der Waals surface area contributed by atoms with Crippen molar-refractivity contribution in [1.82, 2.24) is 19.9 Å². The quantitative estimate of drug-likeness (QED) is 0.862. The zero-order chi connectivity index (χ0) is 14.5. The number of carbonyl (C=O) groups is 1. The molecule has 0 spiro atoms. The van der Waals surface area contributed by atoms with E-state index in [1.165, 1.54) is 0 Å². The van der Waals surface area contributed by atoms with E-state index in [9.17, 15) is 4.79 Å². The van der Waals surface area contributed by atoms with Crippen LogP contribution in [0.4, 0.5) is 5.82 Å². The maximum atomic E-state index is 12.2. The summed E-state index contributed by atoms with van der Waals surface area (Å²) in [5, 5.41) is 5.84. The minimum Gasteiger partial charge on any atom is -0.373 e. The molecule has 0 saturated carbocycles. The van der Waals surface area contributed by atoms with E-state index in [1.807, 2.05) is 30.8 Å². The SMILES string of the molecule is CCc1cc(C(=O)NCc2nccn2C)cc(NC)n1. The maximum Gasteiger partial charge on any atom is 0.251 e. The molecule has 0 atom stereocenters. The third kappa shape index (κ3) is 3.14. The minimum absolute atomic E-state index is 0.124. The number of imidazole rings is 1. The molecule has 0 unspecified atom stereocenters. The van der Waals surface area contributed by atoms with Gasteiger partial charge in [-0.2, -0.15) is 0 Å². The Hall–Kier alpha value is -2.37. The number of amides is 1. The van der Waals surface area contributed by atoms with Crippen LogP contribution in [0.5, 0.6) is 0 Å². The molecule has 0 saturated heterocycles. The number of carbonyl (C=O) groups excluding carboxylic acids is 1. The van der Waals surface area contributed by atoms with Crippen LogP contribution in [0.3, 0.4) is 0 Å². The van der Waals surface area contributed by atoms with Crippen LogP contribution in [0.2, 0.25) is 0 Å². The van der Waals surface area contributed by atoms with E-state index in [0.717, 1.165) is 17.9 Å². The third-order valence-corrected chi connectivity index (χ3v) is 3.09. The molecule has 6 heteroatoms. The molecule has 0 fully saturated rings. The van der Waals surface area contributed by atoms with Gasteiger partial charge in [0.25, 0.3) is 5.91 Å². The summed E-state index contributed by atoms with van der Waals surface area (Å²) in [5.74, 6) is 1.39. The van der Waals surface area contributed by atoms with Crippen LogP contribution in [0, 0.1) is 0 Å². The number of nitrogens with one attached hydrogen (secondary N) is 2. The highest BCUT2D eigenvalue weighted by molar-refractivity contribution is 5.94. The lowest BCUT2D eigenvalue weighted by atomic mass is 10.2. The first-order chi connectivity index (χ1) is 9.63. The predicted molar refractivity (Wildman–Crippen MR) is 77.5 cm³/mol. The number of hydrogen-bond acceptors (Lipinski definition) is 4. The van der Waals surface area contributed by atoms with Crippen molar-refractivity contribution in [3.05, 3.63) is 41.6 Å². The first-order valence-electron chi connectivity index (χ1n) is 6.57. The van der Waals surface area contributed by atoms with Gasteiger partial charge in [-0.3, -0.25) is 4.79 Å². The van der Waals surface area contributed by atoms with Gasteiger partial charge in [0.2, 0.25) is 0 Å². The summed E-state index contributed by atoms with van der Waals surface area (Å²) in [4.78, 5) is 20.7. The second kappa shape index (κ2) is 6.18. The average Bonchev–Trinajstić information content (AvgIpc) is 2.89. The van der Waals surface area contributed by atoms with Gasteiger partial charge in [-0.05, 0) is 18.6 Å². The number of anilines is 1. The Kier molecular flexibility index (Phi) is 4.34. The highest BCUT2D eigenvalue weighted by Gasteiger charge is 2.10. The van der Waals surface area contributed by atoms with Crippen molar-refractivity contribution in [2.24, 2.45) is 7.05 Å². The number of nitrogens with zero attached hydrogens (tertiary/aromatic N) is 3. The number of aryl methyl sites for hydroxylation is 2. The lowest BCUT2D eigenvalue weighted by Gasteiger charge is -2.08. The van der Waals surface area contributed by atoms with Gasteiger partial charge in [-0.1, -0.05) is 6.92 Å². The molecule has 0 aliphatic rings. The predicted octanol–water partition coefficient (Wildman–Crippen LogP) is 1.35. The molecule has 2 N–H and O–H groups in total. The Morgan fingerprint density at radius 1 is 1.40 bits per heavy atom. The largest absolute Gasteiger partial charge is 0.373 e. The van der Waals surface area contributed by atoms with Crippen LogP contribution in [-0.4, -0.2) is 27.5 Å². The molecule has 20 heavy (non-hydrogen) atoms. The third-order valence-electron chi connectivity index (χ3n) is 3.09. The second-order valence-electron chi connectivity index (χ2n) is 4.47. The van der Waals surface area contributed by atoms with Crippen LogP contribution >= 0.6 is 0 Å². The highest BCUT2D eigenvalue weighted by atomic mass is 16.1. The van der Waals surface area contributed by atoms with Crippen molar-refractivity contribution >= 4 is 11.7 Å². The molecule has 106 valence electrons. The van der Waals surface area contributed by atoms with Crippen LogP contribution in [0.15, 0.2) is 24.5 Å². The zero-order valence-electron chi connectivity index (χ0n) is 12.0. The van der Waals surface area contributed by atoms with Crippen LogP contribution < -0.4 is 10.6 Å². The van der Waals surface area contributed by atoms with Gasteiger partial charge in [-0.15, -0.1) is 0 Å². The first-order valence-corrected chi connectivity index (χ1v) is 6.57. The standard InChI is InChI=1S/C14H19N5O/c1-4-11-7-10(8-12(15-2)18-11)14(20)17-9-13-16-5-6-19(13)3/h5-8H,4,9H2,1-3H3,(H,15,18)(H,17,20). The van der Waals surface area contributed by atoms with Crippen molar-refractivity contribution < 1.29 is 4.79 Å². The van der Waals surface area contributed by atoms with E-state index < -0.39 is 0 Å². The second-order valence-corrected chi connectivity index (χ2v) is 4.47. The maximum absolute atomic E-state index is 12.2. The lowest BCUT2D eigenvalue weighted by Crippen LogP contribution is -2.24. The minimum atomic E-state index is -0.124. The fourth-order valence-corrected chi connectivity index (χ4v) is 1.86. The van der Waals surface area contributed by atoms with Crippen molar-refractivity contribution in [3.63, 3.8) is 0 Å². The molecule has 2 heterocycles. The number of aromatic nitrogens is 3. The van der Waals surface area contributed by atoms with Crippen molar-refractivity contribution in [2.75, 3.05) is 12.4 Å². The lowest BCUT2D eigenvalue weighted by molar-refractivity contribution is 0.0949. The van der Waals surface area contributed by atoms with Crippen LogP contribution in [0.1, 0.15) is 28.8 Å². The molecule has 2 aromatic rings. The summed E-state index contributed by atoms with van der Waals surface area (Å²) in [5.41, 5.74) is 1.49. The van der Waals surface area contributed by atoms with E-state index in [1.54, 1.807) is 19.3 Å². The molecule has 2 rings (SSSR count). The molecular formula is C14H19N5O. The molecule has 1 amide bonds. The van der Waals surface area contributed by atoms with Crippen LogP contribution in [-0.2, 0) is 20.0 Å². The van der Waals surface area contributed by atoms with E-state index in [2.05, 4.69) is 20.6 Å². The van der Waals surface area contributed by atoms with Crippen molar-refractivity contribution in [3.8, 4) is 0 Å². The fraction of sp³-hybridized carbons (Fsp3) is 0.357. The summed E-state index contributed by atoms with van der Waals surface area (Å²) in [7, 11) is 3.69. The van der Waals surface area contributed by atoms with Crippen molar-refractivity contribution in [1.29, 1.82) is 0 Å². The molecule has 0 aliphatic heterocycles. The Bertz CT molecular complexity index is 583. The molecule has 0 aliphatic carbocycles. The van der Waals surface area contributed by atoms with Gasteiger partial charge in [0, 0.05) is 37.7 Å². The van der Waals surface area contributed by atoms with Crippen molar-refractivity contribution in [2.45, 2.75) is 19.9 Å². The Morgan fingerprint density at radius 2 is 2.20 bits per heavy atom. The molecule has 0 bridgehead atoms.